The van der Waals surface area contributed by atoms with Gasteiger partial charge in [-0.2, -0.15) is 17.0 Å². The molecule has 50 heavy (non-hydrogen) atoms. The number of piperazine rings is 1. The Labute approximate surface area is 294 Å². The molecular weight excluding hydrogens is 666 g/mol. The zero-order valence-corrected chi connectivity index (χ0v) is 30.3. The maximum atomic E-state index is 16.1. The van der Waals surface area contributed by atoms with Gasteiger partial charge in [-0.05, 0) is 91.1 Å². The highest BCUT2D eigenvalue weighted by atomic mass is 32.2. The minimum absolute atomic E-state index is 0.0163. The highest BCUT2D eigenvalue weighted by molar-refractivity contribution is 7.86. The van der Waals surface area contributed by atoms with E-state index in [1.807, 2.05) is 27.7 Å². The van der Waals surface area contributed by atoms with E-state index in [9.17, 15) is 17.6 Å². The number of ether oxygens (including phenoxy) is 1. The van der Waals surface area contributed by atoms with Crippen LogP contribution in [0.3, 0.4) is 0 Å². The predicted octanol–water partition coefficient (Wildman–Crippen LogP) is 3.66. The molecule has 6 heterocycles. The van der Waals surface area contributed by atoms with Gasteiger partial charge in [0.2, 0.25) is 0 Å². The number of nitrogens with one attached hydrogen (secondary N) is 1. The number of aromatic nitrogens is 2. The lowest BCUT2D eigenvalue weighted by Gasteiger charge is -2.55. The van der Waals surface area contributed by atoms with E-state index >= 15 is 4.39 Å². The number of anilines is 1. The van der Waals surface area contributed by atoms with Gasteiger partial charge in [0.1, 0.15) is 23.6 Å². The Bertz CT molecular complexity index is 1660. The predicted molar refractivity (Wildman–Crippen MR) is 186 cm³/mol. The molecule has 1 N–H and O–H groups in total. The van der Waals surface area contributed by atoms with Crippen LogP contribution >= 0.6 is 0 Å². The Hall–Kier alpha value is -2.98. The van der Waals surface area contributed by atoms with E-state index in [4.69, 9.17) is 4.74 Å². The Morgan fingerprint density at radius 3 is 2.38 bits per heavy atom. The van der Waals surface area contributed by atoms with Crippen LogP contribution in [0.5, 0.6) is 11.5 Å². The molecular formula is C35H50F2N8O4S. The Kier molecular flexibility index (Phi) is 9.59. The number of piperidine rings is 2. The van der Waals surface area contributed by atoms with Gasteiger partial charge in [0.05, 0.1) is 11.8 Å². The van der Waals surface area contributed by atoms with Crippen LogP contribution in [0.4, 0.5) is 14.6 Å². The molecule has 5 fully saturated rings. The number of halogens is 2. The number of benzene rings is 1. The third-order valence-corrected chi connectivity index (χ3v) is 13.5. The normalized spacial score (nSPS) is 25.4. The molecule has 1 spiro atoms. The van der Waals surface area contributed by atoms with Gasteiger partial charge in [-0.1, -0.05) is 0 Å². The van der Waals surface area contributed by atoms with Crippen molar-refractivity contribution < 1.29 is 26.7 Å². The molecule has 5 aliphatic heterocycles. The second-order valence-corrected chi connectivity index (χ2v) is 17.5. The van der Waals surface area contributed by atoms with E-state index < -0.39 is 21.7 Å². The summed E-state index contributed by atoms with van der Waals surface area (Å²) in [5.41, 5.74) is -1.18. The van der Waals surface area contributed by atoms with E-state index in [2.05, 4.69) is 25.1 Å². The van der Waals surface area contributed by atoms with E-state index in [1.54, 1.807) is 15.4 Å². The molecule has 274 valence electrons. The van der Waals surface area contributed by atoms with Crippen LogP contribution in [0.2, 0.25) is 0 Å². The van der Waals surface area contributed by atoms with Crippen LogP contribution in [0.15, 0.2) is 30.7 Å². The summed E-state index contributed by atoms with van der Waals surface area (Å²) in [6.07, 6.45) is 6.17. The third-order valence-electron chi connectivity index (χ3n) is 11.4. The number of carbonyl (C=O) groups is 1. The summed E-state index contributed by atoms with van der Waals surface area (Å²) in [5.74, 6) is 0.416. The van der Waals surface area contributed by atoms with Crippen LogP contribution < -0.4 is 15.0 Å². The summed E-state index contributed by atoms with van der Waals surface area (Å²) in [4.78, 5) is 28.3. The monoisotopic (exact) mass is 716 g/mol. The minimum atomic E-state index is -3.56. The molecule has 0 radical (unpaired) electrons. The van der Waals surface area contributed by atoms with Crippen LogP contribution in [0.1, 0.15) is 70.2 Å². The zero-order chi connectivity index (χ0) is 35.4. The fourth-order valence-corrected chi connectivity index (χ4v) is 10.6. The molecule has 0 aliphatic carbocycles. The quantitative estimate of drug-likeness (QED) is 0.394. The number of alkyl halides is 1. The number of likely N-dealkylation sites (tertiary alicyclic amines) is 1. The van der Waals surface area contributed by atoms with Crippen molar-refractivity contribution in [3.8, 4) is 11.5 Å². The summed E-state index contributed by atoms with van der Waals surface area (Å²) in [7, 11) is -3.56. The number of carbonyl (C=O) groups excluding carboxylic acids is 1. The van der Waals surface area contributed by atoms with E-state index in [-0.39, 0.29) is 72.7 Å². The topological polar surface area (TPSA) is 114 Å². The molecule has 5 aliphatic rings. The summed E-state index contributed by atoms with van der Waals surface area (Å²) >= 11 is 0. The zero-order valence-electron chi connectivity index (χ0n) is 29.5. The molecule has 15 heteroatoms. The van der Waals surface area contributed by atoms with Crippen molar-refractivity contribution in [1.82, 2.24) is 33.7 Å². The van der Waals surface area contributed by atoms with E-state index in [0.717, 1.165) is 45.4 Å². The first-order valence-corrected chi connectivity index (χ1v) is 19.4. The maximum absolute atomic E-state index is 16.1. The van der Waals surface area contributed by atoms with Crippen molar-refractivity contribution in [2.24, 2.45) is 5.41 Å². The average Bonchev–Trinajstić information content (AvgIpc) is 3.70. The number of hydrogen-bond acceptors (Lipinski definition) is 9. The number of fused-ring (bicyclic) bond motifs is 2. The molecule has 2 aromatic rings. The van der Waals surface area contributed by atoms with Gasteiger partial charge < -0.3 is 24.8 Å². The molecule has 0 unspecified atom stereocenters. The second-order valence-electron chi connectivity index (χ2n) is 15.6. The summed E-state index contributed by atoms with van der Waals surface area (Å²) in [5, 5.41) is 3.34. The molecule has 2 bridgehead atoms. The maximum Gasteiger partial charge on any atom is 0.282 e. The summed E-state index contributed by atoms with van der Waals surface area (Å²) in [6.45, 7) is 12.8. The number of rotatable bonds is 10. The molecule has 1 aromatic heterocycles. The third kappa shape index (κ3) is 6.83. The van der Waals surface area contributed by atoms with E-state index in [1.165, 1.54) is 28.8 Å². The van der Waals surface area contributed by atoms with E-state index in [0.29, 0.717) is 31.2 Å². The van der Waals surface area contributed by atoms with Crippen molar-refractivity contribution in [1.29, 1.82) is 0 Å². The standard InChI is InChI=1S/C35H50F2N8O4S/c1-24(2)45(25(3)4)33(46)29-15-26(36)5-6-30(29)49-31-18-38-23-40-32(31)42-20-34(21-42)7-11-41(12-8-34)22-35(37)9-13-43(14-10-35)50(47,48)44-19-27-16-28(44)17-39-27/h5-6,15,18,23-25,27-28,39H,7-14,16-17,19-22H2,1-4H3/t27-,28-/m0/s1. The lowest BCUT2D eigenvalue weighted by molar-refractivity contribution is 0.00813. The van der Waals surface area contributed by atoms with Gasteiger partial charge in [0.15, 0.2) is 11.6 Å². The first-order chi connectivity index (χ1) is 23.8. The Morgan fingerprint density at radius 2 is 1.76 bits per heavy atom. The van der Waals surface area contributed by atoms with Crippen LogP contribution in [0.25, 0.3) is 0 Å². The minimum Gasteiger partial charge on any atom is -0.451 e. The van der Waals surface area contributed by atoms with Crippen molar-refractivity contribution in [2.75, 3.05) is 63.8 Å². The lowest BCUT2D eigenvalue weighted by Crippen LogP contribution is -2.62. The molecule has 12 nitrogen and oxygen atoms in total. The Balaban J connectivity index is 0.936. The van der Waals surface area contributed by atoms with Crippen molar-refractivity contribution in [3.05, 3.63) is 42.1 Å². The van der Waals surface area contributed by atoms with Gasteiger partial charge in [-0.25, -0.2) is 18.7 Å². The van der Waals surface area contributed by atoms with Crippen LogP contribution in [0, 0.1) is 11.2 Å². The molecule has 2 atom stereocenters. The number of amides is 1. The first kappa shape index (κ1) is 35.4. The highest BCUT2D eigenvalue weighted by Gasteiger charge is 2.50. The molecule has 5 saturated heterocycles. The second kappa shape index (κ2) is 13.5. The van der Waals surface area contributed by atoms with Crippen LogP contribution in [-0.2, 0) is 10.2 Å². The highest BCUT2D eigenvalue weighted by Crippen LogP contribution is 2.45. The van der Waals surface area contributed by atoms with Crippen molar-refractivity contribution >= 4 is 21.9 Å². The fraction of sp³-hybridized carbons (Fsp3) is 0.686. The first-order valence-electron chi connectivity index (χ1n) is 18.0. The lowest BCUT2D eigenvalue weighted by atomic mass is 9.71. The van der Waals surface area contributed by atoms with Crippen molar-refractivity contribution in [2.45, 2.75) is 89.6 Å². The van der Waals surface area contributed by atoms with Gasteiger partial charge in [0.25, 0.3) is 16.1 Å². The summed E-state index contributed by atoms with van der Waals surface area (Å²) in [6, 6.07) is 4.05. The SMILES string of the molecule is CC(C)N(C(=O)c1cc(F)ccc1Oc1cncnc1N1CC2(CCN(CC3(F)CCN(S(=O)(=O)N4C[C@@H]5C[C@H]4CN5)CC3)CC2)C1)C(C)C. The molecule has 0 saturated carbocycles. The fourth-order valence-electron chi connectivity index (χ4n) is 8.75. The average molecular weight is 717 g/mol. The molecule has 7 rings (SSSR count). The largest absolute Gasteiger partial charge is 0.451 e. The molecule has 1 aromatic carbocycles. The Morgan fingerprint density at radius 1 is 1.06 bits per heavy atom. The smallest absolute Gasteiger partial charge is 0.282 e. The molecule has 1 amide bonds. The van der Waals surface area contributed by atoms with Gasteiger partial charge in [-0.3, -0.25) is 4.79 Å². The van der Waals surface area contributed by atoms with Gasteiger partial charge in [0, 0.05) is 75.4 Å². The van der Waals surface area contributed by atoms with Gasteiger partial charge in [-0.15, -0.1) is 0 Å². The van der Waals surface area contributed by atoms with Crippen molar-refractivity contribution in [3.63, 3.8) is 0 Å². The van der Waals surface area contributed by atoms with Gasteiger partial charge >= 0.3 is 0 Å². The number of hydrogen-bond donors (Lipinski definition) is 1. The van der Waals surface area contributed by atoms with Crippen LogP contribution in [-0.4, -0.2) is 131 Å². The number of nitrogens with zero attached hydrogens (tertiary/aromatic N) is 7. The summed E-state index contributed by atoms with van der Waals surface area (Å²) < 4.78 is 66.5.